The fraction of sp³-hybridized carbons (Fsp3) is 0.381. The van der Waals surface area contributed by atoms with Crippen molar-refractivity contribution in [3.63, 3.8) is 0 Å². The van der Waals surface area contributed by atoms with Gasteiger partial charge in [-0.1, -0.05) is 12.1 Å². The van der Waals surface area contributed by atoms with Crippen LogP contribution in [-0.2, 0) is 17.9 Å². The molecular weight excluding hydrogens is 356 g/mol. The minimum absolute atomic E-state index is 0.115. The molecule has 6 heteroatoms. The molecule has 0 spiro atoms. The zero-order chi connectivity index (χ0) is 18.2. The molecule has 0 aliphatic carbocycles. The van der Waals surface area contributed by atoms with Gasteiger partial charge in [0.05, 0.1) is 29.2 Å². The average molecular weight is 379 g/mol. The van der Waals surface area contributed by atoms with Crippen molar-refractivity contribution in [2.24, 2.45) is 5.92 Å². The molecular formula is C21H22N4OS. The molecule has 0 saturated carbocycles. The normalized spacial score (nSPS) is 23.1. The highest BCUT2D eigenvalue weighted by molar-refractivity contribution is 7.07. The zero-order valence-electron chi connectivity index (χ0n) is 15.1. The van der Waals surface area contributed by atoms with Gasteiger partial charge in [-0.05, 0) is 36.6 Å². The van der Waals surface area contributed by atoms with E-state index in [1.54, 1.807) is 11.3 Å². The standard InChI is InChI=1S/C21H22N4OS/c26-21-17-4-5-19(25(21)11-18-13-27-14-23-18)12-24(10-17)9-15-3-6-20-16(8-15)2-1-7-22-20/h1-3,6-8,13-14,17,19H,4-5,9-12H2/t17-,19+/m0/s1. The number of benzene rings is 1. The van der Waals surface area contributed by atoms with Gasteiger partial charge in [-0.15, -0.1) is 11.3 Å². The van der Waals surface area contributed by atoms with Crippen molar-refractivity contribution < 1.29 is 4.79 Å². The van der Waals surface area contributed by atoms with Crippen LogP contribution in [0.1, 0.15) is 24.1 Å². The van der Waals surface area contributed by atoms with Crippen LogP contribution in [0.4, 0.5) is 0 Å². The summed E-state index contributed by atoms with van der Waals surface area (Å²) in [4.78, 5) is 26.3. The van der Waals surface area contributed by atoms with Gasteiger partial charge in [0.15, 0.2) is 0 Å². The Bertz CT molecular complexity index is 958. The molecule has 2 bridgehead atoms. The number of rotatable bonds is 4. The van der Waals surface area contributed by atoms with Gasteiger partial charge in [-0.2, -0.15) is 0 Å². The van der Waals surface area contributed by atoms with Crippen molar-refractivity contribution in [2.45, 2.75) is 32.0 Å². The number of carbonyl (C=O) groups is 1. The second-order valence-electron chi connectivity index (χ2n) is 7.60. The van der Waals surface area contributed by atoms with Crippen LogP contribution in [0.25, 0.3) is 10.9 Å². The van der Waals surface area contributed by atoms with Crippen molar-refractivity contribution >= 4 is 28.1 Å². The van der Waals surface area contributed by atoms with E-state index in [0.29, 0.717) is 18.5 Å². The number of piperidine rings is 1. The molecule has 3 aromatic rings. The monoisotopic (exact) mass is 378 g/mol. The van der Waals surface area contributed by atoms with E-state index in [1.807, 2.05) is 23.2 Å². The van der Waals surface area contributed by atoms with E-state index < -0.39 is 0 Å². The van der Waals surface area contributed by atoms with Crippen LogP contribution in [0, 0.1) is 5.92 Å². The lowest BCUT2D eigenvalue weighted by molar-refractivity contribution is -0.140. The molecule has 1 aromatic carbocycles. The van der Waals surface area contributed by atoms with Crippen molar-refractivity contribution in [3.8, 4) is 0 Å². The van der Waals surface area contributed by atoms with Crippen LogP contribution in [-0.4, -0.2) is 44.8 Å². The fourth-order valence-electron chi connectivity index (χ4n) is 4.44. The van der Waals surface area contributed by atoms with E-state index in [0.717, 1.165) is 43.7 Å². The summed E-state index contributed by atoms with van der Waals surface area (Å²) in [6, 6.07) is 10.9. The quantitative estimate of drug-likeness (QED) is 0.699. The summed E-state index contributed by atoms with van der Waals surface area (Å²) in [7, 11) is 0. The average Bonchev–Trinajstić information content (AvgIpc) is 3.07. The SMILES string of the molecule is O=C1[C@H]2CC[C@H](CN(Cc3ccc4ncccc4c3)C2)N1Cc1cscn1. The topological polar surface area (TPSA) is 49.3 Å². The van der Waals surface area contributed by atoms with Gasteiger partial charge < -0.3 is 4.90 Å². The highest BCUT2D eigenvalue weighted by Gasteiger charge is 2.40. The predicted molar refractivity (Wildman–Crippen MR) is 106 cm³/mol. The molecule has 2 atom stereocenters. The fourth-order valence-corrected chi connectivity index (χ4v) is 4.99. The molecule has 5 heterocycles. The molecule has 0 radical (unpaired) electrons. The molecule has 138 valence electrons. The number of amides is 1. The van der Waals surface area contributed by atoms with Gasteiger partial charge in [0, 0.05) is 42.6 Å². The van der Waals surface area contributed by atoms with Gasteiger partial charge in [0.2, 0.25) is 5.91 Å². The molecule has 0 N–H and O–H groups in total. The predicted octanol–water partition coefficient (Wildman–Crippen LogP) is 3.31. The maximum Gasteiger partial charge on any atom is 0.227 e. The molecule has 3 saturated heterocycles. The van der Waals surface area contributed by atoms with Crippen LogP contribution in [0.5, 0.6) is 0 Å². The molecule has 2 aromatic heterocycles. The largest absolute Gasteiger partial charge is 0.332 e. The van der Waals surface area contributed by atoms with E-state index in [-0.39, 0.29) is 5.92 Å². The van der Waals surface area contributed by atoms with Crippen molar-refractivity contribution in [2.75, 3.05) is 13.1 Å². The maximum absolute atomic E-state index is 13.0. The highest BCUT2D eigenvalue weighted by Crippen LogP contribution is 2.31. The Balaban J connectivity index is 1.35. The molecule has 6 rings (SSSR count). The van der Waals surface area contributed by atoms with Crippen molar-refractivity contribution in [1.82, 2.24) is 19.8 Å². The Kier molecular flexibility index (Phi) is 4.38. The summed E-state index contributed by atoms with van der Waals surface area (Å²) in [6.07, 6.45) is 3.94. The molecule has 1 amide bonds. The molecule has 5 nitrogen and oxygen atoms in total. The van der Waals surface area contributed by atoms with E-state index >= 15 is 0 Å². The van der Waals surface area contributed by atoms with Crippen LogP contribution in [0.2, 0.25) is 0 Å². The van der Waals surface area contributed by atoms with E-state index in [2.05, 4.69) is 44.0 Å². The zero-order valence-corrected chi connectivity index (χ0v) is 15.9. The Hall–Kier alpha value is -2.31. The van der Waals surface area contributed by atoms with Gasteiger partial charge in [0.25, 0.3) is 0 Å². The second-order valence-corrected chi connectivity index (χ2v) is 8.32. The summed E-state index contributed by atoms with van der Waals surface area (Å²) >= 11 is 1.59. The van der Waals surface area contributed by atoms with Crippen LogP contribution in [0.3, 0.4) is 0 Å². The first-order valence-electron chi connectivity index (χ1n) is 9.50. The Morgan fingerprint density at radius 2 is 2.07 bits per heavy atom. The molecule has 27 heavy (non-hydrogen) atoms. The number of nitrogens with zero attached hydrogens (tertiary/aromatic N) is 4. The van der Waals surface area contributed by atoms with Gasteiger partial charge in [0.1, 0.15) is 0 Å². The Labute approximate surface area is 162 Å². The summed E-state index contributed by atoms with van der Waals surface area (Å²) < 4.78 is 0. The van der Waals surface area contributed by atoms with E-state index in [9.17, 15) is 4.79 Å². The summed E-state index contributed by atoms with van der Waals surface area (Å²) in [5.74, 6) is 0.425. The molecule has 3 aliphatic rings. The Morgan fingerprint density at radius 3 is 2.96 bits per heavy atom. The Morgan fingerprint density at radius 1 is 1.11 bits per heavy atom. The third-order valence-electron chi connectivity index (χ3n) is 5.76. The lowest BCUT2D eigenvalue weighted by Crippen LogP contribution is -2.47. The maximum atomic E-state index is 13.0. The van der Waals surface area contributed by atoms with Crippen molar-refractivity contribution in [3.05, 3.63) is 58.7 Å². The number of fused-ring (bicyclic) bond motifs is 5. The number of thiazole rings is 1. The first kappa shape index (κ1) is 16.8. The number of carbonyl (C=O) groups excluding carboxylic acids is 1. The van der Waals surface area contributed by atoms with Gasteiger partial charge in [-0.25, -0.2) is 4.98 Å². The third kappa shape index (κ3) is 3.35. The molecule has 3 fully saturated rings. The van der Waals surface area contributed by atoms with Crippen LogP contribution < -0.4 is 0 Å². The van der Waals surface area contributed by atoms with Gasteiger partial charge in [-0.3, -0.25) is 14.7 Å². The first-order valence-corrected chi connectivity index (χ1v) is 10.4. The van der Waals surface area contributed by atoms with Crippen molar-refractivity contribution in [1.29, 1.82) is 0 Å². The van der Waals surface area contributed by atoms with E-state index in [1.165, 1.54) is 10.9 Å². The van der Waals surface area contributed by atoms with Gasteiger partial charge >= 0.3 is 0 Å². The summed E-state index contributed by atoms with van der Waals surface area (Å²) in [6.45, 7) is 3.33. The second kappa shape index (κ2) is 7.02. The van der Waals surface area contributed by atoms with E-state index in [4.69, 9.17) is 0 Å². The highest BCUT2D eigenvalue weighted by atomic mass is 32.1. The number of aromatic nitrogens is 2. The molecule has 0 unspecified atom stereocenters. The lowest BCUT2D eigenvalue weighted by atomic mass is 9.94. The number of hydrogen-bond acceptors (Lipinski definition) is 5. The van der Waals surface area contributed by atoms with Crippen LogP contribution in [0.15, 0.2) is 47.4 Å². The smallest absolute Gasteiger partial charge is 0.227 e. The summed E-state index contributed by atoms with van der Waals surface area (Å²) in [5.41, 5.74) is 5.17. The third-order valence-corrected chi connectivity index (χ3v) is 6.39. The minimum atomic E-state index is 0.115. The number of hydrogen-bond donors (Lipinski definition) is 0. The minimum Gasteiger partial charge on any atom is -0.332 e. The number of pyridine rings is 1. The first-order chi connectivity index (χ1) is 13.3. The molecule has 3 aliphatic heterocycles. The van der Waals surface area contributed by atoms with Crippen LogP contribution >= 0.6 is 11.3 Å². The summed E-state index contributed by atoms with van der Waals surface area (Å²) in [5, 5.41) is 3.22. The lowest BCUT2D eigenvalue weighted by Gasteiger charge is -2.35.